The highest BCUT2D eigenvalue weighted by atomic mass is 19.4. The summed E-state index contributed by atoms with van der Waals surface area (Å²) in [5.41, 5.74) is -1.37. The van der Waals surface area contributed by atoms with Crippen molar-refractivity contribution in [2.75, 3.05) is 0 Å². The van der Waals surface area contributed by atoms with E-state index in [1.165, 1.54) is 6.92 Å². The van der Waals surface area contributed by atoms with Gasteiger partial charge in [-0.3, -0.25) is 0 Å². The molecular weight excluding hydrogens is 153 g/mol. The van der Waals surface area contributed by atoms with Crippen molar-refractivity contribution in [3.8, 4) is 0 Å². The van der Waals surface area contributed by atoms with Gasteiger partial charge in [-0.2, -0.15) is 13.2 Å². The highest BCUT2D eigenvalue weighted by Gasteiger charge is 2.59. The quantitative estimate of drug-likeness (QED) is 0.560. The summed E-state index contributed by atoms with van der Waals surface area (Å²) in [5.74, 6) is -0.137. The molecule has 0 saturated heterocycles. The van der Waals surface area contributed by atoms with Crippen LogP contribution in [0.5, 0.6) is 0 Å². The molecule has 1 saturated carbocycles. The Morgan fingerprint density at radius 2 is 2.00 bits per heavy atom. The molecule has 0 aromatic heterocycles. The monoisotopic (exact) mass is 166 g/mol. The third-order valence-electron chi connectivity index (χ3n) is 3.05. The largest absolute Gasteiger partial charge is 0.394 e. The Kier molecular flexibility index (Phi) is 1.93. The fourth-order valence-corrected chi connectivity index (χ4v) is 1.81. The highest BCUT2D eigenvalue weighted by molar-refractivity contribution is 4.96. The van der Waals surface area contributed by atoms with E-state index in [2.05, 4.69) is 0 Å². The normalized spacial score (nSPS) is 38.5. The lowest BCUT2D eigenvalue weighted by Crippen LogP contribution is -2.48. The van der Waals surface area contributed by atoms with E-state index in [1.807, 2.05) is 6.92 Å². The van der Waals surface area contributed by atoms with E-state index in [0.29, 0.717) is 12.8 Å². The van der Waals surface area contributed by atoms with Crippen molar-refractivity contribution < 1.29 is 13.2 Å². The Hall–Kier alpha value is -0.210. The first kappa shape index (κ1) is 8.88. The fraction of sp³-hybridized carbons (Fsp3) is 1.00. The number of hydrogen-bond acceptors (Lipinski definition) is 0. The van der Waals surface area contributed by atoms with Crippen molar-refractivity contribution in [3.63, 3.8) is 0 Å². The van der Waals surface area contributed by atoms with Crippen LogP contribution in [0.2, 0.25) is 0 Å². The van der Waals surface area contributed by atoms with Gasteiger partial charge in [0.15, 0.2) is 0 Å². The zero-order valence-electron chi connectivity index (χ0n) is 6.83. The standard InChI is InChI=1S/C8H13F3/c1-3-6-4-5-7(6,2)8(9,10)11/h6H,3-5H2,1-2H3. The average molecular weight is 166 g/mol. The van der Waals surface area contributed by atoms with Crippen LogP contribution in [-0.4, -0.2) is 6.18 Å². The Morgan fingerprint density at radius 3 is 2.09 bits per heavy atom. The molecule has 0 aliphatic heterocycles. The van der Waals surface area contributed by atoms with Crippen LogP contribution in [-0.2, 0) is 0 Å². The Labute approximate surface area is 64.8 Å². The number of hydrogen-bond donors (Lipinski definition) is 0. The molecule has 0 aromatic carbocycles. The van der Waals surface area contributed by atoms with Gasteiger partial charge in [0.25, 0.3) is 0 Å². The van der Waals surface area contributed by atoms with Gasteiger partial charge in [0.05, 0.1) is 5.41 Å². The first-order valence-electron chi connectivity index (χ1n) is 3.98. The molecule has 1 aliphatic carbocycles. The van der Waals surface area contributed by atoms with Gasteiger partial charge < -0.3 is 0 Å². The zero-order valence-corrected chi connectivity index (χ0v) is 6.83. The molecule has 2 atom stereocenters. The van der Waals surface area contributed by atoms with Crippen molar-refractivity contribution in [1.29, 1.82) is 0 Å². The van der Waals surface area contributed by atoms with E-state index in [1.54, 1.807) is 0 Å². The molecule has 0 nitrogen and oxygen atoms in total. The van der Waals surface area contributed by atoms with Crippen molar-refractivity contribution in [2.24, 2.45) is 11.3 Å². The molecular formula is C8H13F3. The summed E-state index contributed by atoms with van der Waals surface area (Å²) in [6, 6.07) is 0. The molecule has 0 aromatic rings. The highest BCUT2D eigenvalue weighted by Crippen LogP contribution is 2.57. The molecule has 0 spiro atoms. The van der Waals surface area contributed by atoms with Crippen LogP contribution in [0.1, 0.15) is 33.1 Å². The van der Waals surface area contributed by atoms with Gasteiger partial charge in [0, 0.05) is 0 Å². The molecule has 0 heterocycles. The van der Waals surface area contributed by atoms with Crippen LogP contribution >= 0.6 is 0 Å². The number of halogens is 3. The summed E-state index contributed by atoms with van der Waals surface area (Å²) in [6.45, 7) is 3.17. The van der Waals surface area contributed by atoms with Gasteiger partial charge in [-0.05, 0) is 18.8 Å². The summed E-state index contributed by atoms with van der Waals surface area (Å²) in [7, 11) is 0. The molecule has 1 aliphatic rings. The number of alkyl halides is 3. The van der Waals surface area contributed by atoms with Crippen molar-refractivity contribution in [2.45, 2.75) is 39.3 Å². The van der Waals surface area contributed by atoms with Gasteiger partial charge in [-0.1, -0.05) is 20.3 Å². The maximum absolute atomic E-state index is 12.3. The fourth-order valence-electron chi connectivity index (χ4n) is 1.81. The van der Waals surface area contributed by atoms with E-state index >= 15 is 0 Å². The second-order valence-electron chi connectivity index (χ2n) is 3.56. The minimum Gasteiger partial charge on any atom is -0.171 e. The molecule has 0 bridgehead atoms. The Morgan fingerprint density at radius 1 is 1.45 bits per heavy atom. The predicted molar refractivity (Wildman–Crippen MR) is 37.2 cm³/mol. The molecule has 0 radical (unpaired) electrons. The predicted octanol–water partition coefficient (Wildman–Crippen LogP) is 3.38. The summed E-state index contributed by atoms with van der Waals surface area (Å²) in [4.78, 5) is 0. The van der Waals surface area contributed by atoms with E-state index < -0.39 is 11.6 Å². The second-order valence-corrected chi connectivity index (χ2v) is 3.56. The van der Waals surface area contributed by atoms with Crippen LogP contribution in [0.15, 0.2) is 0 Å². The van der Waals surface area contributed by atoms with Gasteiger partial charge in [0.1, 0.15) is 0 Å². The Balaban J connectivity index is 2.68. The smallest absolute Gasteiger partial charge is 0.171 e. The van der Waals surface area contributed by atoms with Crippen molar-refractivity contribution in [3.05, 3.63) is 0 Å². The summed E-state index contributed by atoms with van der Waals surface area (Å²) in [6.07, 6.45) is -2.29. The van der Waals surface area contributed by atoms with Gasteiger partial charge >= 0.3 is 6.18 Å². The lowest BCUT2D eigenvalue weighted by molar-refractivity contribution is -0.267. The third-order valence-corrected chi connectivity index (χ3v) is 3.05. The molecule has 11 heavy (non-hydrogen) atoms. The summed E-state index contributed by atoms with van der Waals surface area (Å²) >= 11 is 0. The van der Waals surface area contributed by atoms with E-state index in [0.717, 1.165) is 6.42 Å². The molecule has 0 amide bonds. The zero-order chi connectivity index (χ0) is 8.70. The van der Waals surface area contributed by atoms with Crippen LogP contribution in [0, 0.1) is 11.3 Å². The molecule has 0 N–H and O–H groups in total. The average Bonchev–Trinajstić information content (AvgIpc) is 1.83. The van der Waals surface area contributed by atoms with E-state index in [4.69, 9.17) is 0 Å². The summed E-state index contributed by atoms with van der Waals surface area (Å²) in [5, 5.41) is 0. The topological polar surface area (TPSA) is 0 Å². The van der Waals surface area contributed by atoms with Crippen molar-refractivity contribution >= 4 is 0 Å². The van der Waals surface area contributed by atoms with E-state index in [-0.39, 0.29) is 5.92 Å². The first-order valence-corrected chi connectivity index (χ1v) is 3.98. The number of rotatable bonds is 1. The second kappa shape index (κ2) is 2.39. The molecule has 1 fully saturated rings. The van der Waals surface area contributed by atoms with Crippen LogP contribution < -0.4 is 0 Å². The molecule has 66 valence electrons. The van der Waals surface area contributed by atoms with Gasteiger partial charge in [0.2, 0.25) is 0 Å². The minimum atomic E-state index is -3.99. The minimum absolute atomic E-state index is 0.137. The molecule has 3 heteroatoms. The van der Waals surface area contributed by atoms with Crippen LogP contribution in [0.25, 0.3) is 0 Å². The van der Waals surface area contributed by atoms with Crippen LogP contribution in [0.4, 0.5) is 13.2 Å². The maximum Gasteiger partial charge on any atom is 0.394 e. The SMILES string of the molecule is CCC1CCC1(C)C(F)(F)F. The third kappa shape index (κ3) is 1.14. The molecule has 1 rings (SSSR count). The lowest BCUT2D eigenvalue weighted by atomic mass is 9.60. The molecule has 2 unspecified atom stereocenters. The lowest BCUT2D eigenvalue weighted by Gasteiger charge is -2.47. The first-order chi connectivity index (χ1) is 4.92. The van der Waals surface area contributed by atoms with Crippen LogP contribution in [0.3, 0.4) is 0 Å². The van der Waals surface area contributed by atoms with Crippen molar-refractivity contribution in [1.82, 2.24) is 0 Å². The van der Waals surface area contributed by atoms with Gasteiger partial charge in [-0.15, -0.1) is 0 Å². The summed E-state index contributed by atoms with van der Waals surface area (Å²) < 4.78 is 37.0. The maximum atomic E-state index is 12.3. The van der Waals surface area contributed by atoms with Gasteiger partial charge in [-0.25, -0.2) is 0 Å². The van der Waals surface area contributed by atoms with E-state index in [9.17, 15) is 13.2 Å². The Bertz CT molecular complexity index is 148.